The topological polar surface area (TPSA) is 29.5 Å². The van der Waals surface area contributed by atoms with Gasteiger partial charge in [-0.05, 0) is 57.2 Å². The normalized spacial score (nSPS) is 10.8. The lowest BCUT2D eigenvalue weighted by atomic mass is 10.2. The minimum atomic E-state index is 0.120. The fourth-order valence-electron chi connectivity index (χ4n) is 1.54. The van der Waals surface area contributed by atoms with E-state index in [1.807, 2.05) is 35.7 Å². The molecule has 2 aromatic rings. The molecular formula is C15H13BrO2S. The maximum absolute atomic E-state index is 9.88. The number of thioether (sulfide) groups is 1. The molecule has 0 unspecified atom stereocenters. The van der Waals surface area contributed by atoms with E-state index in [0.717, 1.165) is 5.56 Å². The van der Waals surface area contributed by atoms with Gasteiger partial charge in [-0.25, -0.2) is 0 Å². The van der Waals surface area contributed by atoms with Gasteiger partial charge >= 0.3 is 0 Å². The van der Waals surface area contributed by atoms with Crippen molar-refractivity contribution in [1.29, 1.82) is 0 Å². The predicted molar refractivity (Wildman–Crippen MR) is 83.7 cm³/mol. The van der Waals surface area contributed by atoms with Gasteiger partial charge in [0.05, 0.1) is 11.6 Å². The van der Waals surface area contributed by atoms with Gasteiger partial charge < -0.3 is 9.84 Å². The summed E-state index contributed by atoms with van der Waals surface area (Å²) in [6.07, 6.45) is 1.95. The number of methoxy groups -OCH3 is 1. The number of ether oxygens (including phenoxy) is 1. The summed E-state index contributed by atoms with van der Waals surface area (Å²) in [7, 11) is 1.53. The highest BCUT2D eigenvalue weighted by Gasteiger charge is 2.08. The molecule has 0 saturated carbocycles. The van der Waals surface area contributed by atoms with Crippen molar-refractivity contribution in [2.24, 2.45) is 0 Å². The van der Waals surface area contributed by atoms with Crippen molar-refractivity contribution in [2.75, 3.05) is 7.11 Å². The Morgan fingerprint density at radius 2 is 1.89 bits per heavy atom. The van der Waals surface area contributed by atoms with Gasteiger partial charge in [0.2, 0.25) is 0 Å². The van der Waals surface area contributed by atoms with Crippen LogP contribution in [-0.2, 0) is 0 Å². The maximum Gasteiger partial charge on any atom is 0.172 e. The summed E-state index contributed by atoms with van der Waals surface area (Å²) < 4.78 is 5.68. The third kappa shape index (κ3) is 3.55. The van der Waals surface area contributed by atoms with Crippen molar-refractivity contribution in [2.45, 2.75) is 4.90 Å². The van der Waals surface area contributed by atoms with E-state index in [9.17, 15) is 5.11 Å². The molecule has 0 aliphatic rings. The van der Waals surface area contributed by atoms with E-state index in [4.69, 9.17) is 4.74 Å². The van der Waals surface area contributed by atoms with Crippen molar-refractivity contribution < 1.29 is 9.84 Å². The number of benzene rings is 2. The number of rotatable bonds is 4. The average molecular weight is 337 g/mol. The van der Waals surface area contributed by atoms with Gasteiger partial charge in [0.1, 0.15) is 0 Å². The first-order valence-corrected chi connectivity index (χ1v) is 7.33. The van der Waals surface area contributed by atoms with Crippen LogP contribution in [-0.4, -0.2) is 12.2 Å². The molecule has 0 aromatic heterocycles. The largest absolute Gasteiger partial charge is 0.503 e. The Bertz CT molecular complexity index is 582. The third-order valence-electron chi connectivity index (χ3n) is 2.52. The van der Waals surface area contributed by atoms with Crippen molar-refractivity contribution in [3.63, 3.8) is 0 Å². The average Bonchev–Trinajstić information content (AvgIpc) is 2.45. The molecule has 0 radical (unpaired) electrons. The molecular weight excluding hydrogens is 324 g/mol. The molecule has 0 fully saturated rings. The van der Waals surface area contributed by atoms with E-state index >= 15 is 0 Å². The second kappa shape index (κ2) is 6.68. The Kier molecular flexibility index (Phi) is 4.93. The Morgan fingerprint density at radius 1 is 1.16 bits per heavy atom. The Hall–Kier alpha value is -1.39. The fourth-order valence-corrected chi connectivity index (χ4v) is 2.69. The number of phenols is 1. The molecule has 0 aliphatic heterocycles. The lowest BCUT2D eigenvalue weighted by Gasteiger charge is -2.07. The predicted octanol–water partition coefficient (Wildman–Crippen LogP) is 4.93. The summed E-state index contributed by atoms with van der Waals surface area (Å²) in [4.78, 5) is 1.17. The lowest BCUT2D eigenvalue weighted by Crippen LogP contribution is -1.85. The van der Waals surface area contributed by atoms with Crippen LogP contribution in [0, 0.1) is 0 Å². The Morgan fingerprint density at radius 3 is 2.58 bits per heavy atom. The highest BCUT2D eigenvalue weighted by atomic mass is 79.9. The smallest absolute Gasteiger partial charge is 0.172 e. The van der Waals surface area contributed by atoms with E-state index in [0.29, 0.717) is 10.2 Å². The Labute approximate surface area is 125 Å². The molecule has 0 aliphatic carbocycles. The fraction of sp³-hybridized carbons (Fsp3) is 0.0667. The first-order chi connectivity index (χ1) is 9.22. The molecule has 0 atom stereocenters. The van der Waals surface area contributed by atoms with E-state index in [2.05, 4.69) is 28.1 Å². The first kappa shape index (κ1) is 14.0. The van der Waals surface area contributed by atoms with Crippen LogP contribution >= 0.6 is 27.7 Å². The summed E-state index contributed by atoms with van der Waals surface area (Å²) in [5.41, 5.74) is 0.904. The SMILES string of the molecule is COc1ccc(/C=C/Sc2ccccc2)c(Br)c1O. The van der Waals surface area contributed by atoms with Crippen LogP contribution in [0.4, 0.5) is 0 Å². The van der Waals surface area contributed by atoms with Crippen LogP contribution in [0.15, 0.2) is 57.2 Å². The molecule has 2 nitrogen and oxygen atoms in total. The summed E-state index contributed by atoms with van der Waals surface area (Å²) in [5.74, 6) is 0.578. The Balaban J connectivity index is 2.13. The first-order valence-electron chi connectivity index (χ1n) is 5.66. The molecule has 0 spiro atoms. The molecule has 98 valence electrons. The summed E-state index contributed by atoms with van der Waals surface area (Å²) in [6.45, 7) is 0. The molecule has 0 amide bonds. The van der Waals surface area contributed by atoms with Crippen LogP contribution in [0.25, 0.3) is 6.08 Å². The van der Waals surface area contributed by atoms with Crippen molar-refractivity contribution in [3.8, 4) is 11.5 Å². The number of hydrogen-bond acceptors (Lipinski definition) is 3. The number of hydrogen-bond donors (Lipinski definition) is 1. The van der Waals surface area contributed by atoms with Gasteiger partial charge in [-0.3, -0.25) is 0 Å². The van der Waals surface area contributed by atoms with Crippen molar-refractivity contribution in [3.05, 3.63) is 57.9 Å². The quantitative estimate of drug-likeness (QED) is 0.803. The van der Waals surface area contributed by atoms with Crippen LogP contribution in [0.1, 0.15) is 5.56 Å². The van der Waals surface area contributed by atoms with Gasteiger partial charge in [0.15, 0.2) is 11.5 Å². The van der Waals surface area contributed by atoms with Gasteiger partial charge in [-0.1, -0.05) is 30.0 Å². The molecule has 0 saturated heterocycles. The highest BCUT2D eigenvalue weighted by molar-refractivity contribution is 9.10. The maximum atomic E-state index is 9.88. The van der Waals surface area contributed by atoms with Gasteiger partial charge in [-0.2, -0.15) is 0 Å². The molecule has 2 aromatic carbocycles. The second-order valence-corrected chi connectivity index (χ2v) is 5.53. The minimum absolute atomic E-state index is 0.120. The molecule has 4 heteroatoms. The van der Waals surface area contributed by atoms with Crippen LogP contribution in [0.2, 0.25) is 0 Å². The highest BCUT2D eigenvalue weighted by Crippen LogP contribution is 2.37. The van der Waals surface area contributed by atoms with Gasteiger partial charge in [0.25, 0.3) is 0 Å². The van der Waals surface area contributed by atoms with E-state index in [1.54, 1.807) is 17.8 Å². The lowest BCUT2D eigenvalue weighted by molar-refractivity contribution is 0.372. The minimum Gasteiger partial charge on any atom is -0.503 e. The number of halogens is 1. The van der Waals surface area contributed by atoms with Crippen molar-refractivity contribution >= 4 is 33.8 Å². The molecule has 0 bridgehead atoms. The van der Waals surface area contributed by atoms with E-state index in [1.165, 1.54) is 12.0 Å². The molecule has 19 heavy (non-hydrogen) atoms. The van der Waals surface area contributed by atoms with Crippen LogP contribution < -0.4 is 4.74 Å². The second-order valence-electron chi connectivity index (χ2n) is 3.75. The molecule has 1 N–H and O–H groups in total. The zero-order valence-electron chi connectivity index (χ0n) is 10.3. The molecule has 2 rings (SSSR count). The summed E-state index contributed by atoms with van der Waals surface area (Å²) in [6, 6.07) is 13.7. The number of phenolic OH excluding ortho intramolecular Hbond substituents is 1. The monoisotopic (exact) mass is 336 g/mol. The number of aromatic hydroxyl groups is 1. The van der Waals surface area contributed by atoms with E-state index < -0.39 is 0 Å². The standard InChI is InChI=1S/C15H13BrO2S/c1-18-13-8-7-11(14(16)15(13)17)9-10-19-12-5-3-2-4-6-12/h2-10,17H,1H3/b10-9+. The molecule has 0 heterocycles. The van der Waals surface area contributed by atoms with Gasteiger partial charge in [0, 0.05) is 4.90 Å². The summed E-state index contributed by atoms with van der Waals surface area (Å²) >= 11 is 4.99. The third-order valence-corrected chi connectivity index (χ3v) is 4.17. The van der Waals surface area contributed by atoms with Crippen LogP contribution in [0.3, 0.4) is 0 Å². The zero-order chi connectivity index (χ0) is 13.7. The van der Waals surface area contributed by atoms with Crippen molar-refractivity contribution in [1.82, 2.24) is 0 Å². The van der Waals surface area contributed by atoms with E-state index in [-0.39, 0.29) is 5.75 Å². The van der Waals surface area contributed by atoms with Crippen LogP contribution in [0.5, 0.6) is 11.5 Å². The zero-order valence-corrected chi connectivity index (χ0v) is 12.7. The summed E-state index contributed by atoms with van der Waals surface area (Å²) in [5, 5.41) is 11.9. The van der Waals surface area contributed by atoms with Gasteiger partial charge in [-0.15, -0.1) is 0 Å².